The van der Waals surface area contributed by atoms with E-state index in [9.17, 15) is 4.79 Å². The summed E-state index contributed by atoms with van der Waals surface area (Å²) in [5.41, 5.74) is 5.78. The van der Waals surface area contributed by atoms with Gasteiger partial charge in [-0.1, -0.05) is 44.9 Å². The number of nitrogens with zero attached hydrogens (tertiary/aromatic N) is 1. The van der Waals surface area contributed by atoms with Crippen LogP contribution in [0.1, 0.15) is 39.5 Å². The van der Waals surface area contributed by atoms with Gasteiger partial charge >= 0.3 is 0 Å². The van der Waals surface area contributed by atoms with Crippen molar-refractivity contribution in [3.63, 3.8) is 0 Å². The molecule has 130 valence electrons. The minimum absolute atomic E-state index is 0. The summed E-state index contributed by atoms with van der Waals surface area (Å²) in [6.07, 6.45) is 4.22. The summed E-state index contributed by atoms with van der Waals surface area (Å²) in [4.78, 5) is 16.2. The van der Waals surface area contributed by atoms with Gasteiger partial charge in [0.15, 0.2) is 0 Å². The zero-order valence-corrected chi connectivity index (χ0v) is 16.0. The van der Waals surface area contributed by atoms with E-state index in [-0.39, 0.29) is 28.5 Å². The molecule has 2 N–H and O–H groups in total. The zero-order chi connectivity index (χ0) is 16.2. The van der Waals surface area contributed by atoms with Crippen LogP contribution in [-0.2, 0) is 4.79 Å². The molecule has 1 aromatic carbocycles. The van der Waals surface area contributed by atoms with Crippen molar-refractivity contribution >= 4 is 30.1 Å². The van der Waals surface area contributed by atoms with Gasteiger partial charge in [-0.25, -0.2) is 0 Å². The fourth-order valence-electron chi connectivity index (χ4n) is 3.15. The lowest BCUT2D eigenvalue weighted by atomic mass is 9.92. The lowest BCUT2D eigenvalue weighted by Gasteiger charge is -2.36. The highest BCUT2D eigenvalue weighted by Gasteiger charge is 2.44. The Labute approximate surface area is 150 Å². The molecule has 23 heavy (non-hydrogen) atoms. The summed E-state index contributed by atoms with van der Waals surface area (Å²) >= 11 is 1.75. The molecule has 1 aliphatic carbocycles. The minimum atomic E-state index is -0.291. The molecule has 0 radical (unpaired) electrons. The molecule has 3 nitrogen and oxygen atoms in total. The van der Waals surface area contributed by atoms with Crippen molar-refractivity contribution in [3.8, 4) is 0 Å². The molecular weight excluding hydrogens is 328 g/mol. The highest BCUT2D eigenvalue weighted by molar-refractivity contribution is 8.01. The second-order valence-corrected chi connectivity index (χ2v) is 8.60. The molecule has 5 heteroatoms. The molecule has 1 aromatic rings. The van der Waals surface area contributed by atoms with Gasteiger partial charge in [0.05, 0.1) is 4.75 Å². The van der Waals surface area contributed by atoms with Crippen LogP contribution in [0, 0.1) is 5.41 Å². The molecule has 0 aliphatic heterocycles. The topological polar surface area (TPSA) is 46.3 Å². The van der Waals surface area contributed by atoms with E-state index >= 15 is 0 Å². The molecule has 1 aliphatic rings. The van der Waals surface area contributed by atoms with Crippen molar-refractivity contribution in [2.75, 3.05) is 20.1 Å². The van der Waals surface area contributed by atoms with Crippen molar-refractivity contribution in [2.24, 2.45) is 11.1 Å². The maximum absolute atomic E-state index is 13.1. The average Bonchev–Trinajstić information content (AvgIpc) is 2.96. The fraction of sp³-hybridized carbons (Fsp3) is 0.611. The molecule has 2 rings (SSSR count). The van der Waals surface area contributed by atoms with Crippen molar-refractivity contribution in [2.45, 2.75) is 49.2 Å². The third kappa shape index (κ3) is 5.13. The van der Waals surface area contributed by atoms with Gasteiger partial charge < -0.3 is 10.6 Å². The van der Waals surface area contributed by atoms with E-state index in [4.69, 9.17) is 5.73 Å². The first kappa shape index (κ1) is 20.3. The van der Waals surface area contributed by atoms with E-state index in [2.05, 4.69) is 26.0 Å². The first-order valence-electron chi connectivity index (χ1n) is 8.08. The molecule has 1 amide bonds. The van der Waals surface area contributed by atoms with E-state index in [1.54, 1.807) is 11.8 Å². The molecule has 0 atom stereocenters. The van der Waals surface area contributed by atoms with Gasteiger partial charge in [-0.2, -0.15) is 0 Å². The Bertz CT molecular complexity index is 501. The van der Waals surface area contributed by atoms with Crippen molar-refractivity contribution in [1.82, 2.24) is 4.90 Å². The molecule has 0 spiro atoms. The predicted octanol–water partition coefficient (Wildman–Crippen LogP) is 3.96. The molecule has 1 saturated carbocycles. The number of hydrogen-bond donors (Lipinski definition) is 1. The summed E-state index contributed by atoms with van der Waals surface area (Å²) in [5.74, 6) is 0.264. The van der Waals surface area contributed by atoms with Crippen LogP contribution in [0.2, 0.25) is 0 Å². The van der Waals surface area contributed by atoms with Crippen LogP contribution in [0.3, 0.4) is 0 Å². The van der Waals surface area contributed by atoms with Crippen LogP contribution in [-0.4, -0.2) is 35.7 Å². The van der Waals surface area contributed by atoms with Gasteiger partial charge in [-0.05, 0) is 36.9 Å². The van der Waals surface area contributed by atoms with Crippen LogP contribution < -0.4 is 5.73 Å². The van der Waals surface area contributed by atoms with Crippen LogP contribution in [0.25, 0.3) is 0 Å². The average molecular weight is 357 g/mol. The largest absolute Gasteiger partial charge is 0.344 e. The number of benzene rings is 1. The standard InChI is InChI=1S/C18H28N2OS.ClH/c1-17(2,13-19)14-20(3)16(21)18(11-7-8-12-18)22-15-9-5-4-6-10-15;/h4-6,9-10H,7-8,11-14,19H2,1-3H3;1H. The number of amides is 1. The number of carbonyl (C=O) groups is 1. The SMILES string of the molecule is CN(CC(C)(C)CN)C(=O)C1(Sc2ccccc2)CCCC1.Cl. The van der Waals surface area contributed by atoms with Gasteiger partial charge in [0, 0.05) is 18.5 Å². The van der Waals surface area contributed by atoms with E-state index in [0.717, 1.165) is 25.7 Å². The quantitative estimate of drug-likeness (QED) is 0.839. The second kappa shape index (κ2) is 8.41. The summed E-state index contributed by atoms with van der Waals surface area (Å²) in [6.45, 7) is 5.52. The first-order chi connectivity index (χ1) is 10.4. The Morgan fingerprint density at radius 3 is 2.35 bits per heavy atom. The monoisotopic (exact) mass is 356 g/mol. The van der Waals surface area contributed by atoms with E-state index in [1.165, 1.54) is 4.90 Å². The number of hydrogen-bond acceptors (Lipinski definition) is 3. The van der Waals surface area contributed by atoms with Gasteiger partial charge in [-0.15, -0.1) is 24.2 Å². The molecular formula is C18H29ClN2OS. The maximum atomic E-state index is 13.1. The van der Waals surface area contributed by atoms with Gasteiger partial charge in [0.1, 0.15) is 0 Å². The van der Waals surface area contributed by atoms with Gasteiger partial charge in [0.2, 0.25) is 5.91 Å². The van der Waals surface area contributed by atoms with Crippen LogP contribution in [0.5, 0.6) is 0 Å². The smallest absolute Gasteiger partial charge is 0.238 e. The Balaban J connectivity index is 0.00000264. The number of rotatable bonds is 6. The molecule has 1 fully saturated rings. The van der Waals surface area contributed by atoms with Crippen LogP contribution in [0.15, 0.2) is 35.2 Å². The lowest BCUT2D eigenvalue weighted by Crippen LogP contribution is -2.48. The minimum Gasteiger partial charge on any atom is -0.344 e. The van der Waals surface area contributed by atoms with Crippen molar-refractivity contribution in [3.05, 3.63) is 30.3 Å². The summed E-state index contributed by atoms with van der Waals surface area (Å²) in [5, 5.41) is 0. The summed E-state index contributed by atoms with van der Waals surface area (Å²) in [7, 11) is 1.92. The third-order valence-electron chi connectivity index (χ3n) is 4.42. The Morgan fingerprint density at radius 1 is 1.26 bits per heavy atom. The normalized spacial score (nSPS) is 16.7. The highest BCUT2D eigenvalue weighted by atomic mass is 35.5. The van der Waals surface area contributed by atoms with Gasteiger partial charge in [-0.3, -0.25) is 4.79 Å². The molecule has 0 heterocycles. The van der Waals surface area contributed by atoms with Crippen LogP contribution in [0.4, 0.5) is 0 Å². The van der Waals surface area contributed by atoms with Crippen molar-refractivity contribution in [1.29, 1.82) is 0 Å². The van der Waals surface area contributed by atoms with E-state index < -0.39 is 0 Å². The highest BCUT2D eigenvalue weighted by Crippen LogP contribution is 2.46. The van der Waals surface area contributed by atoms with Crippen LogP contribution >= 0.6 is 24.2 Å². The number of thioether (sulfide) groups is 1. The van der Waals surface area contributed by atoms with Gasteiger partial charge in [0.25, 0.3) is 0 Å². The Kier molecular flexibility index (Phi) is 7.43. The number of nitrogens with two attached hydrogens (primary N) is 1. The predicted molar refractivity (Wildman–Crippen MR) is 101 cm³/mol. The molecule has 0 saturated heterocycles. The third-order valence-corrected chi connectivity index (χ3v) is 5.90. The molecule has 0 unspecified atom stereocenters. The zero-order valence-electron chi connectivity index (χ0n) is 14.4. The summed E-state index contributed by atoms with van der Waals surface area (Å²) in [6, 6.07) is 10.3. The van der Waals surface area contributed by atoms with E-state index in [0.29, 0.717) is 13.1 Å². The van der Waals surface area contributed by atoms with Crippen molar-refractivity contribution < 1.29 is 4.79 Å². The molecule has 0 bridgehead atoms. The van der Waals surface area contributed by atoms with E-state index in [1.807, 2.05) is 30.1 Å². The Morgan fingerprint density at radius 2 is 1.83 bits per heavy atom. The first-order valence-corrected chi connectivity index (χ1v) is 8.90. The maximum Gasteiger partial charge on any atom is 0.238 e. The molecule has 0 aromatic heterocycles. The Hall–Kier alpha value is -0.710. The number of halogens is 1. The number of carbonyl (C=O) groups excluding carboxylic acids is 1. The fourth-order valence-corrected chi connectivity index (χ4v) is 4.63. The lowest BCUT2D eigenvalue weighted by molar-refractivity contribution is -0.133. The second-order valence-electron chi connectivity index (χ2n) is 7.15. The summed E-state index contributed by atoms with van der Waals surface area (Å²) < 4.78 is -0.291.